The van der Waals surface area contributed by atoms with Crippen LogP contribution in [0.25, 0.3) is 0 Å². The molecule has 5 nitrogen and oxygen atoms in total. The minimum absolute atomic E-state index is 0.000556. The monoisotopic (exact) mass is 202 g/mol. The molecule has 0 aromatic carbocycles. The van der Waals surface area contributed by atoms with Crippen LogP contribution in [-0.4, -0.2) is 48.9 Å². The second-order valence-electron chi connectivity index (χ2n) is 3.75. The molecule has 14 heavy (non-hydrogen) atoms. The summed E-state index contributed by atoms with van der Waals surface area (Å²) in [5.41, 5.74) is 5.81. The van der Waals surface area contributed by atoms with Crippen LogP contribution in [0.4, 0.5) is 4.79 Å². The molecule has 3 N–H and O–H groups in total. The van der Waals surface area contributed by atoms with Gasteiger partial charge in [-0.2, -0.15) is 0 Å². The number of hydrogen-bond acceptors (Lipinski definition) is 4. The maximum absolute atomic E-state index is 11.2. The van der Waals surface area contributed by atoms with Gasteiger partial charge in [0.1, 0.15) is 0 Å². The van der Waals surface area contributed by atoms with Crippen LogP contribution in [0.15, 0.2) is 0 Å². The number of nitrogens with zero attached hydrogens (tertiary/aromatic N) is 1. The Balaban J connectivity index is 2.49. The molecule has 1 aliphatic heterocycles. The van der Waals surface area contributed by atoms with Gasteiger partial charge in [-0.3, -0.25) is 0 Å². The Kier molecular flexibility index (Phi) is 4.16. The van der Waals surface area contributed by atoms with Gasteiger partial charge in [0.25, 0.3) is 0 Å². The van der Waals surface area contributed by atoms with Gasteiger partial charge in [-0.1, -0.05) is 0 Å². The van der Waals surface area contributed by atoms with Crippen molar-refractivity contribution >= 4 is 6.09 Å². The zero-order valence-electron chi connectivity index (χ0n) is 8.48. The smallest absolute Gasteiger partial charge is 0.409 e. The normalized spacial score (nSPS) is 27.5. The number of hydrogen-bond donors (Lipinski definition) is 2. The number of methoxy groups -OCH3 is 1. The van der Waals surface area contributed by atoms with Gasteiger partial charge in [-0.05, 0) is 18.8 Å². The average molecular weight is 202 g/mol. The second kappa shape index (κ2) is 5.17. The van der Waals surface area contributed by atoms with Gasteiger partial charge in [-0.15, -0.1) is 0 Å². The molecule has 1 saturated heterocycles. The van der Waals surface area contributed by atoms with E-state index in [1.54, 1.807) is 4.90 Å². The number of aliphatic hydroxyl groups excluding tert-OH is 1. The van der Waals surface area contributed by atoms with Crippen LogP contribution in [0.3, 0.4) is 0 Å². The summed E-state index contributed by atoms with van der Waals surface area (Å²) in [6, 6.07) is -0.000556. The number of ether oxygens (including phenoxy) is 1. The lowest BCUT2D eigenvalue weighted by atomic mass is 9.92. The first-order valence-corrected chi connectivity index (χ1v) is 4.86. The quantitative estimate of drug-likeness (QED) is 0.649. The summed E-state index contributed by atoms with van der Waals surface area (Å²) in [5.74, 6) is 0.294. The fourth-order valence-electron chi connectivity index (χ4n) is 1.92. The highest BCUT2D eigenvalue weighted by molar-refractivity contribution is 5.67. The Labute approximate surface area is 83.8 Å². The number of carbonyl (C=O) groups is 1. The fraction of sp³-hybridized carbons (Fsp3) is 0.889. The van der Waals surface area contributed by atoms with Crippen molar-refractivity contribution in [2.45, 2.75) is 18.9 Å². The van der Waals surface area contributed by atoms with Crippen molar-refractivity contribution in [3.05, 3.63) is 0 Å². The minimum Gasteiger partial charge on any atom is -0.453 e. The molecule has 1 rings (SSSR count). The Hall–Kier alpha value is -0.810. The average Bonchev–Trinajstić information content (AvgIpc) is 2.16. The van der Waals surface area contributed by atoms with Gasteiger partial charge in [0.2, 0.25) is 0 Å². The van der Waals surface area contributed by atoms with E-state index in [0.29, 0.717) is 25.4 Å². The van der Waals surface area contributed by atoms with Crippen molar-refractivity contribution in [2.24, 2.45) is 11.7 Å². The number of carbonyl (C=O) groups excluding carboxylic acids is 1. The van der Waals surface area contributed by atoms with Crippen molar-refractivity contribution in [1.82, 2.24) is 4.90 Å². The summed E-state index contributed by atoms with van der Waals surface area (Å²) in [6.45, 7) is 1.34. The third-order valence-electron chi connectivity index (χ3n) is 2.54. The first-order chi connectivity index (χ1) is 6.67. The molecule has 5 heteroatoms. The summed E-state index contributed by atoms with van der Waals surface area (Å²) in [7, 11) is 1.36. The highest BCUT2D eigenvalue weighted by atomic mass is 16.5. The molecule has 1 fully saturated rings. The molecule has 0 aromatic heterocycles. The Morgan fingerprint density at radius 2 is 2.36 bits per heavy atom. The second-order valence-corrected chi connectivity index (χ2v) is 3.75. The summed E-state index contributed by atoms with van der Waals surface area (Å²) in [6.07, 6.45) is 1.23. The summed E-state index contributed by atoms with van der Waals surface area (Å²) in [5, 5.41) is 8.81. The molecule has 0 radical (unpaired) electrons. The molecule has 1 heterocycles. The molecule has 0 bridgehead atoms. The Morgan fingerprint density at radius 3 is 2.93 bits per heavy atom. The van der Waals surface area contributed by atoms with Gasteiger partial charge in [0.05, 0.1) is 7.11 Å². The lowest BCUT2D eigenvalue weighted by molar-refractivity contribution is 0.0899. The maximum Gasteiger partial charge on any atom is 0.409 e. The number of rotatable bonds is 2. The summed E-state index contributed by atoms with van der Waals surface area (Å²) < 4.78 is 4.63. The molecular formula is C9H18N2O3. The third-order valence-corrected chi connectivity index (χ3v) is 2.54. The lowest BCUT2D eigenvalue weighted by Gasteiger charge is -2.35. The van der Waals surface area contributed by atoms with Crippen molar-refractivity contribution in [2.75, 3.05) is 26.8 Å². The molecule has 0 aromatic rings. The van der Waals surface area contributed by atoms with Crippen LogP contribution in [0, 0.1) is 5.92 Å². The fourth-order valence-corrected chi connectivity index (χ4v) is 1.92. The molecule has 82 valence electrons. The van der Waals surface area contributed by atoms with E-state index in [1.807, 2.05) is 0 Å². The third kappa shape index (κ3) is 2.85. The molecule has 2 atom stereocenters. The van der Waals surface area contributed by atoms with Gasteiger partial charge in [0, 0.05) is 25.7 Å². The lowest BCUT2D eigenvalue weighted by Crippen LogP contribution is -2.49. The van der Waals surface area contributed by atoms with Crippen LogP contribution >= 0.6 is 0 Å². The topological polar surface area (TPSA) is 75.8 Å². The van der Waals surface area contributed by atoms with E-state index in [9.17, 15) is 4.79 Å². The number of likely N-dealkylation sites (tertiary alicyclic amines) is 1. The van der Waals surface area contributed by atoms with Crippen LogP contribution in [0.1, 0.15) is 12.8 Å². The van der Waals surface area contributed by atoms with E-state index in [0.717, 1.165) is 6.42 Å². The van der Waals surface area contributed by atoms with E-state index < -0.39 is 0 Å². The highest BCUT2D eigenvalue weighted by Gasteiger charge is 2.28. The molecular weight excluding hydrogens is 184 g/mol. The van der Waals surface area contributed by atoms with Gasteiger partial charge >= 0.3 is 6.09 Å². The molecule has 1 aliphatic rings. The van der Waals surface area contributed by atoms with Crippen molar-refractivity contribution in [1.29, 1.82) is 0 Å². The highest BCUT2D eigenvalue weighted by Crippen LogP contribution is 2.19. The zero-order valence-corrected chi connectivity index (χ0v) is 8.48. The number of piperidine rings is 1. The predicted molar refractivity (Wildman–Crippen MR) is 51.8 cm³/mol. The van der Waals surface area contributed by atoms with E-state index in [2.05, 4.69) is 4.74 Å². The predicted octanol–water partition coefficient (Wildman–Crippen LogP) is -0.216. The van der Waals surface area contributed by atoms with Crippen molar-refractivity contribution < 1.29 is 14.6 Å². The van der Waals surface area contributed by atoms with Crippen LogP contribution in [0.5, 0.6) is 0 Å². The standard InChI is InChI=1S/C9H18N2O3/c1-14-9(13)11-5-7(2-3-12)4-8(10)6-11/h7-8,12H,2-6,10H2,1H3. The van der Waals surface area contributed by atoms with E-state index in [-0.39, 0.29) is 18.7 Å². The SMILES string of the molecule is COC(=O)N1CC(N)CC(CCO)C1. The summed E-state index contributed by atoms with van der Waals surface area (Å²) >= 11 is 0. The molecule has 1 amide bonds. The van der Waals surface area contributed by atoms with E-state index in [1.165, 1.54) is 7.11 Å². The maximum atomic E-state index is 11.2. The molecule has 2 unspecified atom stereocenters. The Bertz CT molecular complexity index is 198. The molecule has 0 spiro atoms. The van der Waals surface area contributed by atoms with Gasteiger partial charge in [-0.25, -0.2) is 4.79 Å². The van der Waals surface area contributed by atoms with Gasteiger partial charge in [0.15, 0.2) is 0 Å². The zero-order chi connectivity index (χ0) is 10.6. The molecule has 0 saturated carbocycles. The van der Waals surface area contributed by atoms with E-state index in [4.69, 9.17) is 10.8 Å². The van der Waals surface area contributed by atoms with Crippen LogP contribution < -0.4 is 5.73 Å². The number of aliphatic hydroxyl groups is 1. The van der Waals surface area contributed by atoms with Crippen molar-refractivity contribution in [3.63, 3.8) is 0 Å². The minimum atomic E-state index is -0.330. The summed E-state index contributed by atoms with van der Waals surface area (Å²) in [4.78, 5) is 12.9. The largest absolute Gasteiger partial charge is 0.453 e. The first-order valence-electron chi connectivity index (χ1n) is 4.86. The van der Waals surface area contributed by atoms with Crippen molar-refractivity contribution in [3.8, 4) is 0 Å². The van der Waals surface area contributed by atoms with Crippen LogP contribution in [0.2, 0.25) is 0 Å². The van der Waals surface area contributed by atoms with E-state index >= 15 is 0 Å². The van der Waals surface area contributed by atoms with Crippen LogP contribution in [-0.2, 0) is 4.74 Å². The van der Waals surface area contributed by atoms with Gasteiger partial charge < -0.3 is 20.5 Å². The Morgan fingerprint density at radius 1 is 1.64 bits per heavy atom. The molecule has 0 aliphatic carbocycles. The first kappa shape index (κ1) is 11.3. The number of amides is 1. The number of nitrogens with two attached hydrogens (primary N) is 1.